The molecule has 0 N–H and O–H groups in total. The molecule has 9 aromatic rings. The maximum Gasteiger partial charge on any atom is 0.243 e. The zero-order chi connectivity index (χ0) is 68.1. The van der Waals surface area contributed by atoms with Gasteiger partial charge < -0.3 is 62.1 Å². The number of halogens is 5. The van der Waals surface area contributed by atoms with Gasteiger partial charge in [-0.3, -0.25) is 23.2 Å². The van der Waals surface area contributed by atoms with Gasteiger partial charge in [-0.1, -0.05) is 11.6 Å². The van der Waals surface area contributed by atoms with Crippen LogP contribution in [0.4, 0.5) is 34.6 Å². The molecule has 9 rings (SSSR count). The molecule has 24 heteroatoms. The summed E-state index contributed by atoms with van der Waals surface area (Å²) in [6.07, 6.45) is 5.26. The number of carbonyl (C=O) groups excluding carboxylic acids is 3. The molecule has 3 aromatic heterocycles. The SMILES string of the molecule is COc1ccc(OCCCF)c(CN(C(C)=O)c2cccnc2Oc2ccc(Cl)cc2)c1.COc1ccc(OCF)c(CN(C(C)=O)c2cccnc2Oc2ccc(F)cc2)c1.COc1ccc(Oc2ncccc2N(Cc2cc(OC)ccc2OCCCF)C(C)=O)cc1. The van der Waals surface area contributed by atoms with Gasteiger partial charge in [0.05, 0.1) is 74.6 Å². The predicted molar refractivity (Wildman–Crippen MR) is 352 cm³/mol. The van der Waals surface area contributed by atoms with Gasteiger partial charge >= 0.3 is 0 Å². The fourth-order valence-electron chi connectivity index (χ4n) is 8.97. The summed E-state index contributed by atoms with van der Waals surface area (Å²) in [5, 5.41) is 0.585. The number of rotatable bonds is 29. The number of amides is 3. The molecule has 0 aliphatic rings. The first-order valence-corrected chi connectivity index (χ1v) is 29.9. The lowest BCUT2D eigenvalue weighted by atomic mass is 10.1. The summed E-state index contributed by atoms with van der Waals surface area (Å²) in [7, 11) is 6.22. The fraction of sp³-hybridized carbons (Fsp3) is 0.239. The molecule has 3 heterocycles. The molecular weight excluding hydrogens is 1260 g/mol. The topological polar surface area (TPSA) is 192 Å². The molecule has 19 nitrogen and oxygen atoms in total. The van der Waals surface area contributed by atoms with Crippen molar-refractivity contribution in [3.8, 4) is 75.1 Å². The molecule has 0 bridgehead atoms. The maximum absolute atomic E-state index is 13.2. The standard InChI is InChI=1S/C25H27FN2O5.C24H24ClFN2O4.C22H20F2N2O4/c1-18(29)28(17-19-16-22(31-3)11-12-24(19)32-15-5-13-26)23-6-4-14-27-25(23)33-21-9-7-20(30-2)8-10-21;1-17(29)28(16-18-15-21(30-2)10-11-23(18)31-14-4-12-26)22-5-3-13-27-24(22)32-20-8-6-19(25)7-9-20;1-15(27)26(13-16-12-19(28-2)9-10-21(16)29-14-23)20-4-3-11-25-22(20)30-18-7-5-17(24)6-8-18/h4,6-12,14,16H,5,13,15,17H2,1-3H3;3,5-11,13,15H,4,12,14,16H2,1-2H3;3-12H,13-14H2,1-2H3. The first-order valence-electron chi connectivity index (χ1n) is 29.5. The van der Waals surface area contributed by atoms with E-state index in [1.54, 1.807) is 178 Å². The molecule has 0 atom stereocenters. The van der Waals surface area contributed by atoms with E-state index in [9.17, 15) is 31.9 Å². The number of ether oxygens (including phenoxy) is 10. The van der Waals surface area contributed by atoms with Gasteiger partial charge in [0.15, 0.2) is 0 Å². The van der Waals surface area contributed by atoms with E-state index in [0.29, 0.717) is 90.5 Å². The number of anilines is 3. The van der Waals surface area contributed by atoms with Crippen molar-refractivity contribution in [1.29, 1.82) is 0 Å². The molecule has 6 aromatic carbocycles. The third-order valence-electron chi connectivity index (χ3n) is 13.7. The Morgan fingerprint density at radius 2 is 0.716 bits per heavy atom. The van der Waals surface area contributed by atoms with Crippen LogP contribution in [-0.2, 0) is 34.0 Å². The van der Waals surface area contributed by atoms with Crippen molar-refractivity contribution in [2.45, 2.75) is 53.2 Å². The van der Waals surface area contributed by atoms with Gasteiger partial charge in [-0.05, 0) is 164 Å². The molecule has 0 aliphatic carbocycles. The number of carbonyl (C=O) groups is 3. The maximum atomic E-state index is 13.2. The van der Waals surface area contributed by atoms with E-state index in [1.807, 2.05) is 0 Å². The van der Waals surface area contributed by atoms with Crippen LogP contribution in [0.25, 0.3) is 0 Å². The lowest BCUT2D eigenvalue weighted by molar-refractivity contribution is -0.117. The molecule has 0 saturated heterocycles. The molecule has 0 fully saturated rings. The van der Waals surface area contributed by atoms with Gasteiger partial charge in [0.25, 0.3) is 0 Å². The smallest absolute Gasteiger partial charge is 0.243 e. The van der Waals surface area contributed by atoms with Crippen molar-refractivity contribution >= 4 is 46.4 Å². The number of aromatic nitrogens is 3. The molecule has 0 radical (unpaired) electrons. The highest BCUT2D eigenvalue weighted by Gasteiger charge is 2.25. The van der Waals surface area contributed by atoms with Gasteiger partial charge in [-0.15, -0.1) is 0 Å². The Balaban J connectivity index is 0.000000202. The highest BCUT2D eigenvalue weighted by Crippen LogP contribution is 2.38. The highest BCUT2D eigenvalue weighted by molar-refractivity contribution is 6.30. The average molecular weight is 1330 g/mol. The monoisotopic (exact) mass is 1330 g/mol. The summed E-state index contributed by atoms with van der Waals surface area (Å²) in [6, 6.07) is 45.1. The van der Waals surface area contributed by atoms with Gasteiger partial charge in [0, 0.05) is 73.9 Å². The number of pyridine rings is 3. The third-order valence-corrected chi connectivity index (χ3v) is 13.9. The Morgan fingerprint density at radius 1 is 0.411 bits per heavy atom. The number of benzene rings is 6. The normalized spacial score (nSPS) is 10.4. The zero-order valence-corrected chi connectivity index (χ0v) is 54.0. The Hall–Kier alpha value is -10.8. The number of hydrogen-bond donors (Lipinski definition) is 0. The first kappa shape index (κ1) is 71.6. The first-order chi connectivity index (χ1) is 46.1. The summed E-state index contributed by atoms with van der Waals surface area (Å²) >= 11 is 5.95. The van der Waals surface area contributed by atoms with Gasteiger partial charge in [-0.25, -0.2) is 23.7 Å². The second-order valence-corrected chi connectivity index (χ2v) is 20.6. The Kier molecular flexibility index (Phi) is 27.9. The van der Waals surface area contributed by atoms with E-state index >= 15 is 0 Å². The number of methoxy groups -OCH3 is 4. The van der Waals surface area contributed by atoms with E-state index in [4.69, 9.17) is 59.0 Å². The van der Waals surface area contributed by atoms with Crippen LogP contribution in [0, 0.1) is 5.82 Å². The number of alkyl halides is 3. The summed E-state index contributed by atoms with van der Waals surface area (Å²) in [6.45, 7) is 3.27. The lowest BCUT2D eigenvalue weighted by Crippen LogP contribution is -2.28. The van der Waals surface area contributed by atoms with Crippen LogP contribution in [0.3, 0.4) is 0 Å². The fourth-order valence-corrected chi connectivity index (χ4v) is 9.09. The van der Waals surface area contributed by atoms with Crippen molar-refractivity contribution in [3.05, 3.63) is 210 Å². The third kappa shape index (κ3) is 21.4. The molecule has 95 heavy (non-hydrogen) atoms. The van der Waals surface area contributed by atoms with Crippen LogP contribution in [0.15, 0.2) is 182 Å². The molecule has 0 spiro atoms. The molecule has 498 valence electrons. The van der Waals surface area contributed by atoms with Crippen molar-refractivity contribution in [2.24, 2.45) is 0 Å². The summed E-state index contributed by atoms with van der Waals surface area (Å²) < 4.78 is 106. The van der Waals surface area contributed by atoms with Crippen molar-refractivity contribution in [2.75, 3.05) is 76.6 Å². The van der Waals surface area contributed by atoms with Crippen LogP contribution in [0.5, 0.6) is 75.1 Å². The van der Waals surface area contributed by atoms with Crippen molar-refractivity contribution < 1.29 is 79.3 Å². The molecule has 0 saturated carbocycles. The minimum Gasteiger partial charge on any atom is -0.497 e. The predicted octanol–water partition coefficient (Wildman–Crippen LogP) is 15.9. The minimum absolute atomic E-state index is 0.0628. The second-order valence-electron chi connectivity index (χ2n) is 20.1. The number of nitrogens with zero attached hydrogens (tertiary/aromatic N) is 6. The Labute approximate surface area is 553 Å². The van der Waals surface area contributed by atoms with E-state index in [0.717, 1.165) is 0 Å². The van der Waals surface area contributed by atoms with Crippen LogP contribution in [0.1, 0.15) is 50.3 Å². The van der Waals surface area contributed by atoms with Crippen LogP contribution in [0.2, 0.25) is 5.02 Å². The van der Waals surface area contributed by atoms with Crippen molar-refractivity contribution in [3.63, 3.8) is 0 Å². The molecule has 3 amide bonds. The molecular formula is C71H71ClF4N6O13. The van der Waals surface area contributed by atoms with E-state index in [2.05, 4.69) is 15.0 Å². The second kappa shape index (κ2) is 37.0. The van der Waals surface area contributed by atoms with Crippen LogP contribution >= 0.6 is 11.6 Å². The Morgan fingerprint density at radius 3 is 1.03 bits per heavy atom. The Bertz CT molecular complexity index is 3920. The largest absolute Gasteiger partial charge is 0.497 e. The number of hydrogen-bond acceptors (Lipinski definition) is 16. The van der Waals surface area contributed by atoms with Gasteiger partial charge in [0.1, 0.15) is 80.4 Å². The molecule has 0 aliphatic heterocycles. The van der Waals surface area contributed by atoms with Crippen LogP contribution in [-0.4, -0.2) is 94.5 Å². The lowest BCUT2D eigenvalue weighted by Gasteiger charge is -2.24. The quantitative estimate of drug-likeness (QED) is 0.0317. The van der Waals surface area contributed by atoms with Crippen LogP contribution < -0.4 is 62.1 Å². The van der Waals surface area contributed by atoms with Gasteiger partial charge in [0.2, 0.25) is 42.2 Å². The van der Waals surface area contributed by atoms with E-state index in [-0.39, 0.29) is 86.8 Å². The summed E-state index contributed by atoms with van der Waals surface area (Å²) in [4.78, 5) is 55.1. The van der Waals surface area contributed by atoms with E-state index < -0.39 is 26.0 Å². The zero-order valence-electron chi connectivity index (χ0n) is 53.3. The van der Waals surface area contributed by atoms with Crippen molar-refractivity contribution in [1.82, 2.24) is 15.0 Å². The average Bonchev–Trinajstić information content (AvgIpc) is 0.876. The van der Waals surface area contributed by atoms with E-state index in [1.165, 1.54) is 68.1 Å². The summed E-state index contributed by atoms with van der Waals surface area (Å²) in [5.41, 5.74) is 3.34. The van der Waals surface area contributed by atoms with Gasteiger partial charge in [-0.2, -0.15) is 0 Å². The highest BCUT2D eigenvalue weighted by atomic mass is 35.5. The summed E-state index contributed by atoms with van der Waals surface area (Å²) in [5.74, 6) is 4.92. The minimum atomic E-state index is -1.01. The molecule has 0 unspecified atom stereocenters.